The van der Waals surface area contributed by atoms with Crippen LogP contribution in [0.5, 0.6) is 17.5 Å². The molecule has 19 heteroatoms. The van der Waals surface area contributed by atoms with Gasteiger partial charge in [-0.1, -0.05) is 35.9 Å². The molecule has 0 aliphatic heterocycles. The number of hydrogen-bond acceptors (Lipinski definition) is 12. The molecule has 0 aliphatic carbocycles. The van der Waals surface area contributed by atoms with Gasteiger partial charge in [-0.3, -0.25) is 9.44 Å². The topological polar surface area (TPSA) is 162 Å². The molecule has 0 amide bonds. The minimum absolute atomic E-state index is 0.0217. The molecule has 1 aromatic carbocycles. The van der Waals surface area contributed by atoms with Crippen LogP contribution in [0.25, 0.3) is 0 Å². The van der Waals surface area contributed by atoms with Crippen molar-refractivity contribution in [3.63, 3.8) is 0 Å². The predicted octanol–water partition coefficient (Wildman–Crippen LogP) is 6.66. The average molecular weight is 797 g/mol. The van der Waals surface area contributed by atoms with Gasteiger partial charge in [0, 0.05) is 0 Å². The Morgan fingerprint density at radius 2 is 1.38 bits per heavy atom. The molecular formula is C23H17Br2ClN6O6S4. The molecule has 0 unspecified atom stereocenters. The highest BCUT2D eigenvalue weighted by molar-refractivity contribution is 9.10. The van der Waals surface area contributed by atoms with Gasteiger partial charge in [-0.05, 0) is 67.6 Å². The first-order valence-corrected chi connectivity index (χ1v) is 17.8. The Morgan fingerprint density at radius 1 is 0.786 bits per heavy atom. The Bertz CT molecular complexity index is 1880. The van der Waals surface area contributed by atoms with Crippen LogP contribution in [0, 0.1) is 0 Å². The van der Waals surface area contributed by atoms with Crippen molar-refractivity contribution in [1.82, 2.24) is 19.9 Å². The summed E-state index contributed by atoms with van der Waals surface area (Å²) in [6, 6.07) is 14.9. The van der Waals surface area contributed by atoms with Gasteiger partial charge in [-0.25, -0.2) is 36.8 Å². The quantitative estimate of drug-likeness (QED) is 0.165. The lowest BCUT2D eigenvalue weighted by Crippen LogP contribution is -2.14. The van der Waals surface area contributed by atoms with Gasteiger partial charge < -0.3 is 9.47 Å². The van der Waals surface area contributed by atoms with Crippen molar-refractivity contribution in [1.29, 1.82) is 0 Å². The number of halogens is 3. The van der Waals surface area contributed by atoms with Crippen molar-refractivity contribution in [3.05, 3.63) is 85.9 Å². The fourth-order valence-corrected chi connectivity index (χ4v) is 7.89. The molecule has 0 atom stereocenters. The van der Waals surface area contributed by atoms with Gasteiger partial charge in [-0.15, -0.1) is 22.7 Å². The minimum atomic E-state index is -3.83. The molecular weight excluding hydrogens is 780 g/mol. The number of nitrogens with one attached hydrogen (secondary N) is 2. The molecule has 12 nitrogen and oxygen atoms in total. The maximum absolute atomic E-state index is 12.4. The van der Waals surface area contributed by atoms with E-state index in [-0.39, 0.29) is 31.8 Å². The Hall–Kier alpha value is -2.87. The number of hydrogen-bond donors (Lipinski definition) is 2. The predicted molar refractivity (Wildman–Crippen MR) is 168 cm³/mol. The molecule has 4 heterocycles. The van der Waals surface area contributed by atoms with E-state index in [1.54, 1.807) is 35.7 Å². The van der Waals surface area contributed by atoms with Gasteiger partial charge in [-0.2, -0.15) is 0 Å². The molecule has 0 saturated carbocycles. The van der Waals surface area contributed by atoms with E-state index in [1.807, 2.05) is 6.07 Å². The van der Waals surface area contributed by atoms with Crippen molar-refractivity contribution in [2.45, 2.75) is 8.42 Å². The number of sulfonamides is 2. The van der Waals surface area contributed by atoms with Gasteiger partial charge in [0.15, 0.2) is 0 Å². The van der Waals surface area contributed by atoms with Crippen LogP contribution >= 0.6 is 66.1 Å². The molecule has 220 valence electrons. The summed E-state index contributed by atoms with van der Waals surface area (Å²) in [7, 11) is -6.09. The molecule has 4 aromatic heterocycles. The third kappa shape index (κ3) is 8.59. The van der Waals surface area contributed by atoms with E-state index in [2.05, 4.69) is 61.2 Å². The summed E-state index contributed by atoms with van der Waals surface area (Å²) in [5, 5.41) is 1.68. The fraction of sp³-hybridized carbons (Fsp3) is 0.0435. The molecule has 0 radical (unpaired) electrons. The first-order chi connectivity index (χ1) is 20.0. The van der Waals surface area contributed by atoms with Gasteiger partial charge in [0.25, 0.3) is 31.8 Å². The molecule has 42 heavy (non-hydrogen) atoms. The molecule has 0 spiro atoms. The second kappa shape index (κ2) is 14.1. The van der Waals surface area contributed by atoms with Crippen molar-refractivity contribution >= 4 is 97.8 Å². The van der Waals surface area contributed by atoms with E-state index in [9.17, 15) is 16.8 Å². The SMILES string of the molecule is COc1nc(Br)cnc1NS(=O)(=O)c1cccs1.O=S(=O)(Nc1ncc(Br)nc1Oc1ccccc1)c1ccc(Cl)s1. The number of aromatic nitrogens is 4. The van der Waals surface area contributed by atoms with Crippen LogP contribution < -0.4 is 18.9 Å². The lowest BCUT2D eigenvalue weighted by Gasteiger charge is -2.11. The average Bonchev–Trinajstić information content (AvgIpc) is 3.65. The minimum Gasteiger partial charge on any atom is -0.478 e. The molecule has 5 rings (SSSR count). The summed E-state index contributed by atoms with van der Waals surface area (Å²) in [6.07, 6.45) is 2.76. The molecule has 5 aromatic rings. The van der Waals surface area contributed by atoms with E-state index >= 15 is 0 Å². The molecule has 2 N–H and O–H groups in total. The highest BCUT2D eigenvalue weighted by atomic mass is 79.9. The molecule has 0 fully saturated rings. The van der Waals surface area contributed by atoms with Crippen LogP contribution in [-0.4, -0.2) is 43.9 Å². The number of benzene rings is 1. The Labute approximate surface area is 270 Å². The van der Waals surface area contributed by atoms with Crippen LogP contribution in [-0.2, 0) is 20.0 Å². The molecule has 0 bridgehead atoms. The van der Waals surface area contributed by atoms with Crippen molar-refractivity contribution in [2.24, 2.45) is 0 Å². The van der Waals surface area contributed by atoms with Gasteiger partial charge >= 0.3 is 0 Å². The monoisotopic (exact) mass is 794 g/mol. The number of methoxy groups -OCH3 is 1. The van der Waals surface area contributed by atoms with Crippen LogP contribution in [0.1, 0.15) is 0 Å². The fourth-order valence-electron chi connectivity index (χ4n) is 2.87. The van der Waals surface area contributed by atoms with Gasteiger partial charge in [0.05, 0.1) is 23.8 Å². The summed E-state index contributed by atoms with van der Waals surface area (Å²) in [6.45, 7) is 0. The Balaban J connectivity index is 0.000000201. The highest BCUT2D eigenvalue weighted by Gasteiger charge is 2.22. The van der Waals surface area contributed by atoms with E-state index in [0.717, 1.165) is 22.7 Å². The number of rotatable bonds is 9. The molecule has 0 aliphatic rings. The summed E-state index contributed by atoms with van der Waals surface area (Å²) in [5.41, 5.74) is 0. The van der Waals surface area contributed by atoms with E-state index in [1.165, 1.54) is 37.7 Å². The lowest BCUT2D eigenvalue weighted by atomic mass is 10.3. The number of anilines is 2. The summed E-state index contributed by atoms with van der Waals surface area (Å²) < 4.78 is 65.6. The third-order valence-corrected chi connectivity index (χ3v) is 11.2. The van der Waals surface area contributed by atoms with Crippen molar-refractivity contribution < 1.29 is 26.3 Å². The summed E-state index contributed by atoms with van der Waals surface area (Å²) >= 11 is 14.2. The van der Waals surface area contributed by atoms with Crippen LogP contribution in [0.2, 0.25) is 4.34 Å². The second-order valence-corrected chi connectivity index (χ2v) is 15.6. The maximum atomic E-state index is 12.4. The first kappa shape index (κ1) is 32.1. The number of nitrogens with zero attached hydrogens (tertiary/aromatic N) is 4. The van der Waals surface area contributed by atoms with Gasteiger partial charge in [0.2, 0.25) is 11.6 Å². The third-order valence-electron chi connectivity index (χ3n) is 4.61. The van der Waals surface area contributed by atoms with Crippen LogP contribution in [0.3, 0.4) is 0 Å². The maximum Gasteiger partial charge on any atom is 0.272 e. The zero-order valence-electron chi connectivity index (χ0n) is 20.9. The van der Waals surface area contributed by atoms with Crippen LogP contribution in [0.15, 0.2) is 90.0 Å². The van der Waals surface area contributed by atoms with E-state index in [0.29, 0.717) is 19.3 Å². The lowest BCUT2D eigenvalue weighted by molar-refractivity contribution is 0.397. The van der Waals surface area contributed by atoms with E-state index in [4.69, 9.17) is 21.1 Å². The number of ether oxygens (including phenoxy) is 2. The second-order valence-electron chi connectivity index (χ2n) is 7.51. The van der Waals surface area contributed by atoms with E-state index < -0.39 is 20.0 Å². The van der Waals surface area contributed by atoms with Crippen LogP contribution in [0.4, 0.5) is 11.6 Å². The number of para-hydroxylation sites is 1. The zero-order chi connectivity index (χ0) is 30.3. The summed E-state index contributed by atoms with van der Waals surface area (Å²) in [5.74, 6) is 0.663. The Kier molecular flexibility index (Phi) is 10.7. The Morgan fingerprint density at radius 3 is 1.93 bits per heavy atom. The normalized spacial score (nSPS) is 11.2. The van der Waals surface area contributed by atoms with Crippen molar-refractivity contribution in [2.75, 3.05) is 16.6 Å². The zero-order valence-corrected chi connectivity index (χ0v) is 28.1. The summed E-state index contributed by atoms with van der Waals surface area (Å²) in [4.78, 5) is 16.1. The standard InChI is InChI=1S/C14H9BrClN3O3S2.C9H8BrN3O3S2/c15-10-8-17-13(14(18-10)22-9-4-2-1-3-5-9)19-24(20,21)12-7-6-11(16)23-12;1-16-9-8(11-5-6(10)12-9)13-18(14,15)7-3-2-4-17-7/h1-8H,(H,17,19);2-5H,1H3,(H,11,13). The largest absolute Gasteiger partial charge is 0.478 e. The van der Waals surface area contributed by atoms with Gasteiger partial charge in [0.1, 0.15) is 23.4 Å². The highest BCUT2D eigenvalue weighted by Crippen LogP contribution is 2.31. The first-order valence-electron chi connectivity index (χ1n) is 11.1. The molecule has 0 saturated heterocycles. The van der Waals surface area contributed by atoms with Crippen molar-refractivity contribution in [3.8, 4) is 17.5 Å². The smallest absolute Gasteiger partial charge is 0.272 e. The number of thiophene rings is 2.